The lowest BCUT2D eigenvalue weighted by atomic mass is 9.94. The highest BCUT2D eigenvalue weighted by Gasteiger charge is 2.27. The van der Waals surface area contributed by atoms with Crippen molar-refractivity contribution >= 4 is 35.9 Å². The van der Waals surface area contributed by atoms with E-state index in [0.717, 1.165) is 57.8 Å². The first-order chi connectivity index (χ1) is 11.5. The summed E-state index contributed by atoms with van der Waals surface area (Å²) in [6.07, 6.45) is 3.49. The maximum Gasteiger partial charge on any atom is 0.308 e. The van der Waals surface area contributed by atoms with Gasteiger partial charge in [-0.3, -0.25) is 9.79 Å². The Balaban J connectivity index is 0.00000576. The van der Waals surface area contributed by atoms with Crippen molar-refractivity contribution in [1.29, 1.82) is 0 Å². The van der Waals surface area contributed by atoms with Crippen LogP contribution in [0.25, 0.3) is 0 Å². The number of hydrogen-bond acceptors (Lipinski definition) is 4. The zero-order valence-electron chi connectivity index (χ0n) is 16.2. The Bertz CT molecular complexity index is 397. The molecule has 0 aromatic carbocycles. The molecular formula is C18H36IN3O3. The van der Waals surface area contributed by atoms with Crippen LogP contribution < -0.4 is 5.32 Å². The molecule has 25 heavy (non-hydrogen) atoms. The average molecular weight is 469 g/mol. The third-order valence-corrected chi connectivity index (χ3v) is 4.51. The van der Waals surface area contributed by atoms with Crippen LogP contribution in [0.4, 0.5) is 0 Å². The maximum atomic E-state index is 11.6. The number of likely N-dealkylation sites (tertiary alicyclic amines) is 1. The van der Waals surface area contributed by atoms with Crippen molar-refractivity contribution < 1.29 is 14.6 Å². The summed E-state index contributed by atoms with van der Waals surface area (Å²) < 4.78 is 4.85. The third kappa shape index (κ3) is 9.08. The number of carbonyl (C=O) groups excluding carboxylic acids is 1. The SMILES string of the molecule is CCNC(=NCC(CCO)CC(C)C)N1CCC(C(=O)OC)CC1.I. The van der Waals surface area contributed by atoms with Crippen LogP contribution in [-0.2, 0) is 9.53 Å². The van der Waals surface area contributed by atoms with E-state index in [2.05, 4.69) is 31.0 Å². The quantitative estimate of drug-likeness (QED) is 0.247. The second kappa shape index (κ2) is 13.6. The van der Waals surface area contributed by atoms with Crippen molar-refractivity contribution in [3.05, 3.63) is 0 Å². The number of nitrogens with zero attached hydrogens (tertiary/aromatic N) is 2. The topological polar surface area (TPSA) is 74.2 Å². The van der Waals surface area contributed by atoms with Crippen LogP contribution in [0.3, 0.4) is 0 Å². The molecule has 0 saturated carbocycles. The Kier molecular flexibility index (Phi) is 13.3. The van der Waals surface area contributed by atoms with E-state index in [4.69, 9.17) is 9.73 Å². The summed E-state index contributed by atoms with van der Waals surface area (Å²) in [5.74, 6) is 1.85. The maximum absolute atomic E-state index is 11.6. The summed E-state index contributed by atoms with van der Waals surface area (Å²) in [7, 11) is 1.45. The van der Waals surface area contributed by atoms with Gasteiger partial charge in [-0.25, -0.2) is 0 Å². The molecule has 0 aromatic heterocycles. The van der Waals surface area contributed by atoms with Gasteiger partial charge in [0.15, 0.2) is 5.96 Å². The van der Waals surface area contributed by atoms with Crippen molar-refractivity contribution in [2.75, 3.05) is 39.9 Å². The minimum atomic E-state index is -0.100. The highest BCUT2D eigenvalue weighted by molar-refractivity contribution is 14.0. The molecule has 0 radical (unpaired) electrons. The molecule has 1 atom stereocenters. The van der Waals surface area contributed by atoms with E-state index >= 15 is 0 Å². The van der Waals surface area contributed by atoms with Crippen LogP contribution in [-0.4, -0.2) is 61.8 Å². The summed E-state index contributed by atoms with van der Waals surface area (Å²) in [6.45, 7) is 9.89. The Morgan fingerprint density at radius 2 is 2.00 bits per heavy atom. The number of aliphatic hydroxyl groups is 1. The number of nitrogens with one attached hydrogen (secondary N) is 1. The lowest BCUT2D eigenvalue weighted by Crippen LogP contribution is -2.46. The number of guanidine groups is 1. The van der Waals surface area contributed by atoms with Crippen molar-refractivity contribution in [1.82, 2.24) is 10.2 Å². The number of aliphatic hydroxyl groups excluding tert-OH is 1. The number of ether oxygens (including phenoxy) is 1. The molecule has 1 aliphatic heterocycles. The average Bonchev–Trinajstić information content (AvgIpc) is 2.57. The molecule has 2 N–H and O–H groups in total. The van der Waals surface area contributed by atoms with Gasteiger partial charge in [-0.2, -0.15) is 0 Å². The van der Waals surface area contributed by atoms with Crippen LogP contribution >= 0.6 is 24.0 Å². The summed E-state index contributed by atoms with van der Waals surface area (Å²) in [6, 6.07) is 0. The number of carbonyl (C=O) groups is 1. The van der Waals surface area contributed by atoms with Gasteiger partial charge in [-0.1, -0.05) is 13.8 Å². The number of esters is 1. The molecule has 0 aromatic rings. The fourth-order valence-electron chi connectivity index (χ4n) is 3.27. The molecule has 1 heterocycles. The van der Waals surface area contributed by atoms with Crippen LogP contribution in [0.1, 0.15) is 46.5 Å². The molecule has 148 valence electrons. The fourth-order valence-corrected chi connectivity index (χ4v) is 3.27. The highest BCUT2D eigenvalue weighted by atomic mass is 127. The van der Waals surface area contributed by atoms with E-state index in [-0.39, 0.29) is 42.5 Å². The number of hydrogen-bond donors (Lipinski definition) is 2. The van der Waals surface area contributed by atoms with Crippen LogP contribution in [0.15, 0.2) is 4.99 Å². The molecule has 1 rings (SSSR count). The van der Waals surface area contributed by atoms with Gasteiger partial charge < -0.3 is 20.1 Å². The predicted octanol–water partition coefficient (Wildman–Crippen LogP) is 2.50. The fraction of sp³-hybridized carbons (Fsp3) is 0.889. The monoisotopic (exact) mass is 469 g/mol. The number of piperidine rings is 1. The molecule has 1 saturated heterocycles. The number of methoxy groups -OCH3 is 1. The molecular weight excluding hydrogens is 433 g/mol. The van der Waals surface area contributed by atoms with E-state index in [1.807, 2.05) is 0 Å². The molecule has 0 amide bonds. The standard InChI is InChI=1S/C18H35N3O3.HI/c1-5-19-18(20-13-15(8-11-22)12-14(2)3)21-9-6-16(7-10-21)17(23)24-4;/h14-16,22H,5-13H2,1-4H3,(H,19,20);1H. The van der Waals surface area contributed by atoms with Crippen molar-refractivity contribution in [3.63, 3.8) is 0 Å². The largest absolute Gasteiger partial charge is 0.469 e. The summed E-state index contributed by atoms with van der Waals surface area (Å²) in [4.78, 5) is 18.7. The molecule has 1 aliphatic rings. The predicted molar refractivity (Wildman–Crippen MR) is 112 cm³/mol. The Morgan fingerprint density at radius 1 is 1.36 bits per heavy atom. The lowest BCUT2D eigenvalue weighted by Gasteiger charge is -2.33. The van der Waals surface area contributed by atoms with Gasteiger partial charge >= 0.3 is 5.97 Å². The highest BCUT2D eigenvalue weighted by Crippen LogP contribution is 2.19. The molecule has 0 bridgehead atoms. The second-order valence-electron chi connectivity index (χ2n) is 6.99. The zero-order valence-corrected chi connectivity index (χ0v) is 18.5. The Hall–Kier alpha value is -0.570. The van der Waals surface area contributed by atoms with Crippen LogP contribution in [0, 0.1) is 17.8 Å². The van der Waals surface area contributed by atoms with E-state index in [1.54, 1.807) is 0 Å². The molecule has 1 fully saturated rings. The van der Waals surface area contributed by atoms with E-state index < -0.39 is 0 Å². The van der Waals surface area contributed by atoms with Crippen molar-refractivity contribution in [3.8, 4) is 0 Å². The van der Waals surface area contributed by atoms with Gasteiger partial charge in [-0.05, 0) is 44.4 Å². The Labute approximate surface area is 169 Å². The molecule has 1 unspecified atom stereocenters. The minimum Gasteiger partial charge on any atom is -0.469 e. The third-order valence-electron chi connectivity index (χ3n) is 4.51. The summed E-state index contributed by atoms with van der Waals surface area (Å²) >= 11 is 0. The van der Waals surface area contributed by atoms with Gasteiger partial charge in [0.2, 0.25) is 0 Å². The lowest BCUT2D eigenvalue weighted by molar-refractivity contribution is -0.146. The van der Waals surface area contributed by atoms with Gasteiger partial charge in [0.1, 0.15) is 0 Å². The first-order valence-corrected chi connectivity index (χ1v) is 9.23. The van der Waals surface area contributed by atoms with Crippen LogP contribution in [0.5, 0.6) is 0 Å². The van der Waals surface area contributed by atoms with Gasteiger partial charge in [0.25, 0.3) is 0 Å². The van der Waals surface area contributed by atoms with E-state index in [0.29, 0.717) is 11.8 Å². The molecule has 7 heteroatoms. The summed E-state index contributed by atoms with van der Waals surface area (Å²) in [5, 5.41) is 12.6. The number of rotatable bonds is 8. The van der Waals surface area contributed by atoms with Gasteiger partial charge in [-0.15, -0.1) is 24.0 Å². The number of halogens is 1. The molecule has 0 aliphatic carbocycles. The van der Waals surface area contributed by atoms with Gasteiger partial charge in [0.05, 0.1) is 13.0 Å². The first-order valence-electron chi connectivity index (χ1n) is 9.23. The second-order valence-corrected chi connectivity index (χ2v) is 6.99. The van der Waals surface area contributed by atoms with Crippen LogP contribution in [0.2, 0.25) is 0 Å². The van der Waals surface area contributed by atoms with Crippen molar-refractivity contribution in [2.24, 2.45) is 22.7 Å². The van der Waals surface area contributed by atoms with E-state index in [1.165, 1.54) is 7.11 Å². The summed E-state index contributed by atoms with van der Waals surface area (Å²) in [5.41, 5.74) is 0. The zero-order chi connectivity index (χ0) is 17.9. The molecule has 0 spiro atoms. The van der Waals surface area contributed by atoms with Gasteiger partial charge in [0, 0.05) is 32.8 Å². The Morgan fingerprint density at radius 3 is 2.48 bits per heavy atom. The minimum absolute atomic E-state index is 0. The normalized spacial score (nSPS) is 17.2. The smallest absolute Gasteiger partial charge is 0.308 e. The van der Waals surface area contributed by atoms with Crippen molar-refractivity contribution in [2.45, 2.75) is 46.5 Å². The van der Waals surface area contributed by atoms with E-state index in [9.17, 15) is 9.90 Å². The number of aliphatic imine (C=N–C) groups is 1. The molecule has 6 nitrogen and oxygen atoms in total. The first kappa shape index (κ1) is 24.4.